The number of aliphatic hydroxyl groups excluding tert-OH is 4. The summed E-state index contributed by atoms with van der Waals surface area (Å²) in [5.41, 5.74) is 0.582. The van der Waals surface area contributed by atoms with Gasteiger partial charge in [-0.05, 0) is 64.4 Å². The lowest BCUT2D eigenvalue weighted by Gasteiger charge is -2.17. The van der Waals surface area contributed by atoms with E-state index >= 15 is 0 Å². The third-order valence-corrected chi connectivity index (χ3v) is 8.77. The highest BCUT2D eigenvalue weighted by molar-refractivity contribution is 5.90. The number of cyclic esters (lactones) is 1. The van der Waals surface area contributed by atoms with Crippen molar-refractivity contribution in [2.75, 3.05) is 0 Å². The van der Waals surface area contributed by atoms with Crippen LogP contribution in [0.2, 0.25) is 0 Å². The molecule has 1 heterocycles. The zero-order valence-corrected chi connectivity index (χ0v) is 27.9. The summed E-state index contributed by atoms with van der Waals surface area (Å²) in [6.07, 6.45) is 30.0. The highest BCUT2D eigenvalue weighted by atomic mass is 16.5. The van der Waals surface area contributed by atoms with Crippen molar-refractivity contribution in [3.8, 4) is 0 Å². The molecule has 0 bridgehead atoms. The van der Waals surface area contributed by atoms with E-state index in [1.54, 1.807) is 6.08 Å². The van der Waals surface area contributed by atoms with Gasteiger partial charge in [0, 0.05) is 12.0 Å². The molecule has 252 valence electrons. The maximum Gasteiger partial charge on any atom is 0.334 e. The van der Waals surface area contributed by atoms with E-state index in [2.05, 4.69) is 19.1 Å². The summed E-state index contributed by atoms with van der Waals surface area (Å²) in [6.45, 7) is 4.08. The number of aliphatic hydroxyl groups is 4. The molecule has 0 fully saturated rings. The van der Waals surface area contributed by atoms with Crippen LogP contribution in [0, 0.1) is 0 Å². The highest BCUT2D eigenvalue weighted by Gasteiger charge is 2.24. The predicted octanol–water partition coefficient (Wildman–Crippen LogP) is 8.63. The van der Waals surface area contributed by atoms with Gasteiger partial charge in [0.2, 0.25) is 0 Å². The molecular formula is C37H68O6. The number of allylic oxidation sites excluding steroid dienone is 2. The first-order chi connectivity index (χ1) is 20.8. The predicted molar refractivity (Wildman–Crippen MR) is 178 cm³/mol. The van der Waals surface area contributed by atoms with Gasteiger partial charge in [0.15, 0.2) is 0 Å². The standard InChI is InChI=1S/C37H68O6/c1-3-4-5-6-7-8-9-10-11-12-13-14-15-22-27-35(40)36(41)28-23-17-16-19-24-33(38)25-20-18-21-26-34(39)30-32-29-31(2)43-37(32)42/h14-15,29,31,33-36,38-41H,3-13,16-28,30H2,1-2H3/b15-14-/t31-,33?,34+,35+,36+/m0/s1. The Bertz CT molecular complexity index is 720. The molecule has 1 aliphatic heterocycles. The van der Waals surface area contributed by atoms with E-state index in [1.807, 2.05) is 6.92 Å². The first kappa shape index (κ1) is 39.8. The van der Waals surface area contributed by atoms with Gasteiger partial charge in [-0.15, -0.1) is 0 Å². The SMILES string of the molecule is CCCCCCCCCCCC/C=C\CC[C@@H](O)[C@H](O)CCCCCCC(O)CCCCC[C@@H](O)CC1=C[C@H](C)OC1=O. The van der Waals surface area contributed by atoms with E-state index in [-0.39, 0.29) is 18.2 Å². The van der Waals surface area contributed by atoms with E-state index in [0.29, 0.717) is 31.3 Å². The van der Waals surface area contributed by atoms with Gasteiger partial charge in [-0.2, -0.15) is 0 Å². The van der Waals surface area contributed by atoms with E-state index in [1.165, 1.54) is 64.2 Å². The summed E-state index contributed by atoms with van der Waals surface area (Å²) in [4.78, 5) is 11.6. The van der Waals surface area contributed by atoms with Crippen LogP contribution in [-0.2, 0) is 9.53 Å². The van der Waals surface area contributed by atoms with Crippen molar-refractivity contribution in [1.29, 1.82) is 0 Å². The van der Waals surface area contributed by atoms with Crippen molar-refractivity contribution < 1.29 is 30.0 Å². The zero-order chi connectivity index (χ0) is 31.5. The van der Waals surface area contributed by atoms with Crippen LogP contribution in [0.25, 0.3) is 0 Å². The zero-order valence-electron chi connectivity index (χ0n) is 27.9. The van der Waals surface area contributed by atoms with Crippen LogP contribution >= 0.6 is 0 Å². The molecule has 43 heavy (non-hydrogen) atoms. The van der Waals surface area contributed by atoms with Gasteiger partial charge >= 0.3 is 5.97 Å². The summed E-state index contributed by atoms with van der Waals surface area (Å²) in [5.74, 6) is -0.309. The van der Waals surface area contributed by atoms with Gasteiger partial charge in [0.25, 0.3) is 0 Å². The number of hydrogen-bond acceptors (Lipinski definition) is 6. The van der Waals surface area contributed by atoms with Crippen molar-refractivity contribution in [1.82, 2.24) is 0 Å². The van der Waals surface area contributed by atoms with Crippen LogP contribution in [0.3, 0.4) is 0 Å². The third-order valence-electron chi connectivity index (χ3n) is 8.77. The normalized spacial score (nSPS) is 18.1. The molecule has 4 N–H and O–H groups in total. The van der Waals surface area contributed by atoms with Crippen molar-refractivity contribution >= 4 is 5.97 Å². The minimum atomic E-state index is -0.648. The number of rotatable bonds is 30. The van der Waals surface area contributed by atoms with Crippen molar-refractivity contribution in [3.63, 3.8) is 0 Å². The first-order valence-corrected chi connectivity index (χ1v) is 18.1. The maximum atomic E-state index is 11.6. The van der Waals surface area contributed by atoms with Crippen LogP contribution in [-0.4, -0.2) is 56.9 Å². The Morgan fingerprint density at radius 3 is 1.67 bits per heavy atom. The molecular weight excluding hydrogens is 540 g/mol. The van der Waals surface area contributed by atoms with Crippen molar-refractivity contribution in [2.45, 2.75) is 205 Å². The second kappa shape index (κ2) is 27.1. The molecule has 0 aliphatic carbocycles. The van der Waals surface area contributed by atoms with E-state index in [0.717, 1.165) is 70.6 Å². The van der Waals surface area contributed by atoms with Crippen LogP contribution in [0.4, 0.5) is 0 Å². The molecule has 0 aromatic carbocycles. The quantitative estimate of drug-likeness (QED) is 0.0369. The Labute approximate surface area is 264 Å². The molecule has 5 atom stereocenters. The lowest BCUT2D eigenvalue weighted by molar-refractivity contribution is -0.139. The lowest BCUT2D eigenvalue weighted by atomic mass is 9.99. The second-order valence-corrected chi connectivity index (χ2v) is 13.1. The second-order valence-electron chi connectivity index (χ2n) is 13.1. The molecule has 6 heteroatoms. The average Bonchev–Trinajstić information content (AvgIpc) is 3.30. The Hall–Kier alpha value is -1.21. The molecule has 0 spiro atoms. The van der Waals surface area contributed by atoms with E-state index < -0.39 is 18.3 Å². The van der Waals surface area contributed by atoms with Crippen molar-refractivity contribution in [3.05, 3.63) is 23.8 Å². The molecule has 1 unspecified atom stereocenters. The monoisotopic (exact) mass is 609 g/mol. The number of unbranched alkanes of at least 4 members (excludes halogenated alkanes) is 15. The average molecular weight is 609 g/mol. The van der Waals surface area contributed by atoms with Crippen LogP contribution in [0.15, 0.2) is 23.8 Å². The maximum absolute atomic E-state index is 11.6. The van der Waals surface area contributed by atoms with Gasteiger partial charge in [-0.3, -0.25) is 0 Å². The van der Waals surface area contributed by atoms with Crippen LogP contribution in [0.1, 0.15) is 174 Å². The molecule has 0 radical (unpaired) electrons. The van der Waals surface area contributed by atoms with Gasteiger partial charge in [0.05, 0.1) is 24.4 Å². The molecule has 0 saturated carbocycles. The minimum absolute atomic E-state index is 0.193. The Morgan fingerprint density at radius 1 is 0.628 bits per heavy atom. The van der Waals surface area contributed by atoms with Crippen molar-refractivity contribution in [2.24, 2.45) is 0 Å². The first-order valence-electron chi connectivity index (χ1n) is 18.1. The molecule has 0 amide bonds. The van der Waals surface area contributed by atoms with Gasteiger partial charge in [-0.1, -0.05) is 122 Å². The fourth-order valence-electron chi connectivity index (χ4n) is 5.94. The summed E-state index contributed by atoms with van der Waals surface area (Å²) in [7, 11) is 0. The number of hydrogen-bond donors (Lipinski definition) is 4. The van der Waals surface area contributed by atoms with Gasteiger partial charge < -0.3 is 25.2 Å². The Morgan fingerprint density at radius 2 is 1.09 bits per heavy atom. The fraction of sp³-hybridized carbons (Fsp3) is 0.865. The van der Waals surface area contributed by atoms with E-state index in [9.17, 15) is 25.2 Å². The molecule has 6 nitrogen and oxygen atoms in total. The van der Waals surface area contributed by atoms with Crippen LogP contribution < -0.4 is 0 Å². The summed E-state index contributed by atoms with van der Waals surface area (Å²) < 4.78 is 5.07. The van der Waals surface area contributed by atoms with E-state index in [4.69, 9.17) is 4.74 Å². The number of carbonyl (C=O) groups is 1. The molecule has 1 rings (SSSR count). The third kappa shape index (κ3) is 22.9. The number of carbonyl (C=O) groups excluding carboxylic acids is 1. The lowest BCUT2D eigenvalue weighted by Crippen LogP contribution is -2.25. The smallest absolute Gasteiger partial charge is 0.334 e. The largest absolute Gasteiger partial charge is 0.455 e. The number of esters is 1. The Balaban J connectivity index is 1.88. The minimum Gasteiger partial charge on any atom is -0.455 e. The summed E-state index contributed by atoms with van der Waals surface area (Å²) in [6, 6.07) is 0. The highest BCUT2D eigenvalue weighted by Crippen LogP contribution is 2.21. The Kier molecular flexibility index (Phi) is 25.1. The molecule has 1 aliphatic rings. The van der Waals surface area contributed by atoms with Gasteiger partial charge in [-0.25, -0.2) is 4.79 Å². The summed E-state index contributed by atoms with van der Waals surface area (Å²) >= 11 is 0. The molecule has 0 aromatic rings. The molecule has 0 saturated heterocycles. The fourth-order valence-corrected chi connectivity index (χ4v) is 5.94. The topological polar surface area (TPSA) is 107 Å². The number of ether oxygens (including phenoxy) is 1. The van der Waals surface area contributed by atoms with Crippen LogP contribution in [0.5, 0.6) is 0 Å². The summed E-state index contributed by atoms with van der Waals surface area (Å²) in [5, 5.41) is 41.0. The molecule has 0 aromatic heterocycles. The van der Waals surface area contributed by atoms with Gasteiger partial charge in [0.1, 0.15) is 6.10 Å².